The van der Waals surface area contributed by atoms with Crippen molar-refractivity contribution in [1.82, 2.24) is 5.32 Å². The number of quaternary nitrogens is 1. The summed E-state index contributed by atoms with van der Waals surface area (Å²) in [5.41, 5.74) is 0.891. The number of halogens is 2. The number of hydrogen-bond donors (Lipinski definition) is 2. The molecule has 0 heterocycles. The molecule has 2 N–H and O–H groups in total. The molecule has 0 radical (unpaired) electrons. The second kappa shape index (κ2) is 12.2. The highest BCUT2D eigenvalue weighted by Gasteiger charge is 2.21. The summed E-state index contributed by atoms with van der Waals surface area (Å²) in [7, 11) is 0.428. The van der Waals surface area contributed by atoms with E-state index >= 15 is 0 Å². The van der Waals surface area contributed by atoms with Gasteiger partial charge in [0.25, 0.3) is 5.91 Å². The first kappa shape index (κ1) is 27.9. The third kappa shape index (κ3) is 10.4. The minimum Gasteiger partial charge on any atom is -1.00 e. The lowest BCUT2D eigenvalue weighted by Gasteiger charge is -2.29. The van der Waals surface area contributed by atoms with E-state index in [-0.39, 0.29) is 41.8 Å². The fraction of sp³-hybridized carbons (Fsp3) is 0.333. The Balaban J connectivity index is 0.00000512. The van der Waals surface area contributed by atoms with E-state index in [1.807, 2.05) is 14.1 Å². The van der Waals surface area contributed by atoms with E-state index in [0.29, 0.717) is 39.6 Å². The third-order valence-corrected chi connectivity index (χ3v) is 5.16. The average molecular weight is 549 g/mol. The Morgan fingerprint density at radius 1 is 1.03 bits per heavy atom. The van der Waals surface area contributed by atoms with E-state index < -0.39 is 10.0 Å². The van der Waals surface area contributed by atoms with E-state index in [9.17, 15) is 18.0 Å². The summed E-state index contributed by atoms with van der Waals surface area (Å²) in [4.78, 5) is 24.5. The highest BCUT2D eigenvalue weighted by Crippen LogP contribution is 2.15. The van der Waals surface area contributed by atoms with Crippen LogP contribution in [0.2, 0.25) is 5.02 Å². The zero-order valence-corrected chi connectivity index (χ0v) is 21.3. The number of Topliss-reactive ketones (excluding diaryl/α,β-unsaturated/α-hetero) is 1. The maximum Gasteiger partial charge on any atom is 0.258 e. The Morgan fingerprint density at radius 3 is 2.19 bits per heavy atom. The van der Waals surface area contributed by atoms with Gasteiger partial charge in [0, 0.05) is 16.3 Å². The van der Waals surface area contributed by atoms with Gasteiger partial charge in [-0.15, -0.1) is 0 Å². The number of carbonyl (C=O) groups is 2. The molecule has 2 rings (SSSR count). The van der Waals surface area contributed by atoms with Crippen LogP contribution in [0.1, 0.15) is 10.4 Å². The van der Waals surface area contributed by atoms with Crippen molar-refractivity contribution in [1.29, 1.82) is 0 Å². The van der Waals surface area contributed by atoms with Gasteiger partial charge in [-0.2, -0.15) is 0 Å². The van der Waals surface area contributed by atoms with Crippen LogP contribution < -0.4 is 31.8 Å². The van der Waals surface area contributed by atoms with Gasteiger partial charge < -0.3 is 31.5 Å². The Morgan fingerprint density at radius 2 is 1.62 bits per heavy atom. The number of likely N-dealkylation sites (N-methyl/N-ethyl adjacent to an activating group) is 1. The normalized spacial score (nSPS) is 11.2. The molecule has 0 aliphatic rings. The molecule has 0 saturated carbocycles. The largest absolute Gasteiger partial charge is 1.00 e. The SMILES string of the molecule is C[N+](C)(CCNC(=O)COc1ccc(Cl)cc1)CC(=O)c1ccc(NS(C)(=O)=O)cc1.[Br-]. The highest BCUT2D eigenvalue weighted by molar-refractivity contribution is 7.92. The summed E-state index contributed by atoms with van der Waals surface area (Å²) < 4.78 is 30.6. The van der Waals surface area contributed by atoms with Gasteiger partial charge in [-0.05, 0) is 48.5 Å². The quantitative estimate of drug-likeness (QED) is 0.282. The number of rotatable bonds is 11. The minimum atomic E-state index is -3.37. The number of carbonyl (C=O) groups excluding carboxylic acids is 2. The summed E-state index contributed by atoms with van der Waals surface area (Å²) in [6.07, 6.45) is 1.06. The van der Waals surface area contributed by atoms with Gasteiger partial charge in [0.05, 0.1) is 33.4 Å². The van der Waals surface area contributed by atoms with Crippen molar-refractivity contribution in [3.63, 3.8) is 0 Å². The first-order chi connectivity index (χ1) is 14.4. The summed E-state index contributed by atoms with van der Waals surface area (Å²) in [6.45, 7) is 1.06. The lowest BCUT2D eigenvalue weighted by molar-refractivity contribution is -0.880. The van der Waals surface area contributed by atoms with Gasteiger partial charge in [0.15, 0.2) is 6.61 Å². The first-order valence-corrected chi connectivity index (χ1v) is 11.8. The van der Waals surface area contributed by atoms with Gasteiger partial charge in [-0.1, -0.05) is 11.6 Å². The maximum atomic E-state index is 12.6. The Hall–Kier alpha value is -2.14. The van der Waals surface area contributed by atoms with Crippen molar-refractivity contribution in [3.8, 4) is 5.75 Å². The molecule has 32 heavy (non-hydrogen) atoms. The smallest absolute Gasteiger partial charge is 0.258 e. The molecule has 0 fully saturated rings. The van der Waals surface area contributed by atoms with E-state index in [1.54, 1.807) is 48.5 Å². The molecule has 0 unspecified atom stereocenters. The number of anilines is 1. The molecular formula is C21H27BrClN3O5S. The van der Waals surface area contributed by atoms with Gasteiger partial charge in [-0.3, -0.25) is 14.3 Å². The van der Waals surface area contributed by atoms with Gasteiger partial charge in [0.1, 0.15) is 12.3 Å². The second-order valence-electron chi connectivity index (χ2n) is 7.78. The number of benzene rings is 2. The topological polar surface area (TPSA) is 102 Å². The minimum absolute atomic E-state index is 0. The lowest BCUT2D eigenvalue weighted by Crippen LogP contribution is -3.00. The molecule has 8 nitrogen and oxygen atoms in total. The molecule has 0 saturated heterocycles. The number of ether oxygens (including phenoxy) is 1. The monoisotopic (exact) mass is 547 g/mol. The zero-order valence-electron chi connectivity index (χ0n) is 18.1. The number of ketones is 1. The Kier molecular flexibility index (Phi) is 10.6. The molecule has 1 amide bonds. The molecule has 0 bridgehead atoms. The van der Waals surface area contributed by atoms with Crippen LogP contribution in [0.25, 0.3) is 0 Å². The third-order valence-electron chi connectivity index (χ3n) is 4.30. The molecule has 0 spiro atoms. The van der Waals surface area contributed by atoms with Crippen molar-refractivity contribution in [2.45, 2.75) is 0 Å². The molecule has 176 valence electrons. The Labute approximate surface area is 204 Å². The van der Waals surface area contributed by atoms with Crippen molar-refractivity contribution in [2.75, 3.05) is 51.3 Å². The van der Waals surface area contributed by atoms with Crippen LogP contribution in [-0.4, -0.2) is 71.2 Å². The number of sulfonamides is 1. The predicted molar refractivity (Wildman–Crippen MR) is 121 cm³/mol. The van der Waals surface area contributed by atoms with Gasteiger partial charge >= 0.3 is 0 Å². The molecule has 0 aliphatic heterocycles. The standard InChI is InChI=1S/C21H26ClN3O5S.BrH/c1-25(2,13-12-23-21(27)15-30-19-10-6-17(22)7-11-19)14-20(26)16-4-8-18(9-5-16)24-31(3,28)29;/h4-11H,12-15H2,1-3H3,(H-,23,24,26,27);1H. The summed E-state index contributed by atoms with van der Waals surface area (Å²) in [5, 5.41) is 3.37. The van der Waals surface area contributed by atoms with Crippen LogP contribution in [-0.2, 0) is 14.8 Å². The van der Waals surface area contributed by atoms with Crippen molar-refractivity contribution in [2.24, 2.45) is 0 Å². The summed E-state index contributed by atoms with van der Waals surface area (Å²) >= 11 is 5.81. The molecule has 0 aromatic heterocycles. The van der Waals surface area contributed by atoms with Gasteiger partial charge in [-0.25, -0.2) is 8.42 Å². The fourth-order valence-corrected chi connectivity index (χ4v) is 3.42. The van der Waals surface area contributed by atoms with E-state index in [1.165, 1.54) is 0 Å². The van der Waals surface area contributed by atoms with E-state index in [0.717, 1.165) is 6.26 Å². The highest BCUT2D eigenvalue weighted by atomic mass is 79.9. The second-order valence-corrected chi connectivity index (χ2v) is 9.97. The van der Waals surface area contributed by atoms with Crippen molar-refractivity contribution < 1.29 is 44.2 Å². The van der Waals surface area contributed by atoms with E-state index in [4.69, 9.17) is 16.3 Å². The molecule has 11 heteroatoms. The Bertz CT molecular complexity index is 1010. The average Bonchev–Trinajstić information content (AvgIpc) is 2.66. The lowest BCUT2D eigenvalue weighted by atomic mass is 10.1. The van der Waals surface area contributed by atoms with E-state index in [2.05, 4.69) is 10.0 Å². The molecule has 2 aromatic rings. The number of nitrogens with zero attached hydrogens (tertiary/aromatic N) is 1. The van der Waals surface area contributed by atoms with Crippen LogP contribution in [0.4, 0.5) is 5.69 Å². The summed E-state index contributed by atoms with van der Waals surface area (Å²) in [6, 6.07) is 13.0. The molecule has 0 atom stereocenters. The van der Waals surface area contributed by atoms with Crippen LogP contribution in [0.5, 0.6) is 5.75 Å². The van der Waals surface area contributed by atoms with Crippen LogP contribution in [0, 0.1) is 0 Å². The van der Waals surface area contributed by atoms with Gasteiger partial charge in [0.2, 0.25) is 15.8 Å². The summed E-state index contributed by atoms with van der Waals surface area (Å²) in [5.74, 6) is 0.225. The number of nitrogens with one attached hydrogen (secondary N) is 2. The molecule has 0 aliphatic carbocycles. The zero-order chi connectivity index (χ0) is 23.1. The number of hydrogen-bond acceptors (Lipinski definition) is 5. The number of amides is 1. The van der Waals surface area contributed by atoms with Crippen molar-refractivity contribution >= 4 is 39.0 Å². The maximum absolute atomic E-state index is 12.6. The van der Waals surface area contributed by atoms with Crippen LogP contribution in [0.15, 0.2) is 48.5 Å². The molecular weight excluding hydrogens is 522 g/mol. The predicted octanol–water partition coefficient (Wildman–Crippen LogP) is -0.830. The molecule has 2 aromatic carbocycles. The van der Waals surface area contributed by atoms with Crippen LogP contribution >= 0.6 is 11.6 Å². The van der Waals surface area contributed by atoms with Crippen LogP contribution in [0.3, 0.4) is 0 Å². The fourth-order valence-electron chi connectivity index (χ4n) is 2.73. The first-order valence-electron chi connectivity index (χ1n) is 9.52. The van der Waals surface area contributed by atoms with Crippen molar-refractivity contribution in [3.05, 3.63) is 59.1 Å².